The quantitative estimate of drug-likeness (QED) is 0.391. The first-order valence-electron chi connectivity index (χ1n) is 13.9. The highest BCUT2D eigenvalue weighted by atomic mass is 35.5. The third-order valence-corrected chi connectivity index (χ3v) is 8.51. The molecule has 0 radical (unpaired) electrons. The van der Waals surface area contributed by atoms with Gasteiger partial charge < -0.3 is 24.4 Å². The number of carbonyl (C=O) groups excluding carboxylic acids is 2. The summed E-state index contributed by atoms with van der Waals surface area (Å²) in [7, 11) is 1.63. The van der Waals surface area contributed by atoms with E-state index < -0.39 is 5.54 Å². The Balaban J connectivity index is 1.38. The van der Waals surface area contributed by atoms with Crippen molar-refractivity contribution in [3.63, 3.8) is 0 Å². The first-order valence-corrected chi connectivity index (χ1v) is 14.3. The molecule has 5 rings (SSSR count). The summed E-state index contributed by atoms with van der Waals surface area (Å²) >= 11 is 6.11. The Morgan fingerprint density at radius 3 is 2.51 bits per heavy atom. The summed E-state index contributed by atoms with van der Waals surface area (Å²) in [5.41, 5.74) is 1.31. The van der Waals surface area contributed by atoms with Crippen molar-refractivity contribution in [3.8, 4) is 5.75 Å². The minimum Gasteiger partial charge on any atom is -0.497 e. The summed E-state index contributed by atoms with van der Waals surface area (Å²) in [5, 5.41) is 4.75. The molecule has 2 aromatic carbocycles. The minimum atomic E-state index is -1.08. The zero-order chi connectivity index (χ0) is 27.7. The van der Waals surface area contributed by atoms with Crippen molar-refractivity contribution in [2.45, 2.75) is 52.2 Å². The van der Waals surface area contributed by atoms with Crippen molar-refractivity contribution >= 4 is 34.3 Å². The van der Waals surface area contributed by atoms with E-state index in [1.54, 1.807) is 12.0 Å². The van der Waals surface area contributed by atoms with Crippen LogP contribution in [0.15, 0.2) is 48.5 Å². The predicted octanol–water partition coefficient (Wildman–Crippen LogP) is 5.20. The largest absolute Gasteiger partial charge is 0.497 e. The monoisotopic (exact) mass is 550 g/mol. The first-order chi connectivity index (χ1) is 18.7. The normalized spacial score (nSPS) is 23.6. The molecule has 1 saturated heterocycles. The van der Waals surface area contributed by atoms with E-state index in [0.29, 0.717) is 47.9 Å². The van der Waals surface area contributed by atoms with Gasteiger partial charge in [-0.25, -0.2) is 0 Å². The second-order valence-corrected chi connectivity index (χ2v) is 12.1. The number of likely N-dealkylation sites (tertiary alicyclic amines) is 1. The van der Waals surface area contributed by atoms with Gasteiger partial charge in [0.25, 0.3) is 5.91 Å². The molecule has 208 valence electrons. The fourth-order valence-electron chi connectivity index (χ4n) is 6.35. The van der Waals surface area contributed by atoms with Crippen LogP contribution in [-0.4, -0.2) is 65.0 Å². The summed E-state index contributed by atoms with van der Waals surface area (Å²) in [6, 6.07) is 15.1. The number of rotatable bonds is 8. The van der Waals surface area contributed by atoms with Crippen LogP contribution in [0.4, 0.5) is 0 Å². The van der Waals surface area contributed by atoms with Gasteiger partial charge in [0.15, 0.2) is 0 Å². The number of ether oxygens (including phenoxy) is 1. The number of carbonyl (C=O) groups is 2. The fourth-order valence-corrected chi connectivity index (χ4v) is 6.47. The number of aromatic nitrogens is 1. The van der Waals surface area contributed by atoms with Gasteiger partial charge in [-0.1, -0.05) is 37.6 Å². The zero-order valence-corrected chi connectivity index (χ0v) is 24.1. The summed E-state index contributed by atoms with van der Waals surface area (Å²) in [5.74, 6) is 1.83. The number of hydrogen-bond acceptors (Lipinski definition) is 4. The maximum Gasteiger partial charge on any atom is 0.271 e. The molecule has 1 N–H and O–H groups in total. The molecule has 3 heterocycles. The third kappa shape index (κ3) is 5.66. The van der Waals surface area contributed by atoms with E-state index in [4.69, 9.17) is 16.3 Å². The Morgan fingerprint density at radius 2 is 1.82 bits per heavy atom. The Hall–Kier alpha value is -3.03. The number of nitrogens with one attached hydrogen (secondary N) is 1. The van der Waals surface area contributed by atoms with Gasteiger partial charge in [0.05, 0.1) is 19.2 Å². The van der Waals surface area contributed by atoms with Crippen LogP contribution < -0.4 is 10.1 Å². The number of piperidine rings is 1. The summed E-state index contributed by atoms with van der Waals surface area (Å²) in [4.78, 5) is 32.1. The molecule has 3 atom stereocenters. The minimum absolute atomic E-state index is 0.138. The molecule has 2 aliphatic rings. The van der Waals surface area contributed by atoms with Gasteiger partial charge in [0.1, 0.15) is 17.0 Å². The highest BCUT2D eigenvalue weighted by Gasteiger charge is 2.47. The maximum absolute atomic E-state index is 14.0. The smallest absolute Gasteiger partial charge is 0.271 e. The molecule has 1 aromatic heterocycles. The highest BCUT2D eigenvalue weighted by Crippen LogP contribution is 2.35. The molecule has 0 unspecified atom stereocenters. The van der Waals surface area contributed by atoms with E-state index in [0.717, 1.165) is 42.5 Å². The topological polar surface area (TPSA) is 66.8 Å². The fraction of sp³-hybridized carbons (Fsp3) is 0.484. The summed E-state index contributed by atoms with van der Waals surface area (Å²) < 4.78 is 7.41. The highest BCUT2D eigenvalue weighted by molar-refractivity contribution is 6.30. The van der Waals surface area contributed by atoms with E-state index >= 15 is 0 Å². The summed E-state index contributed by atoms with van der Waals surface area (Å²) in [6.45, 7) is 10.9. The molecule has 0 spiro atoms. The van der Waals surface area contributed by atoms with Crippen LogP contribution in [0.1, 0.15) is 49.7 Å². The molecule has 7 nitrogen and oxygen atoms in total. The van der Waals surface area contributed by atoms with Crippen molar-refractivity contribution < 1.29 is 14.3 Å². The van der Waals surface area contributed by atoms with E-state index in [2.05, 4.69) is 24.1 Å². The molecule has 39 heavy (non-hydrogen) atoms. The molecule has 3 aromatic rings. The van der Waals surface area contributed by atoms with Crippen molar-refractivity contribution in [2.75, 3.05) is 33.3 Å². The lowest BCUT2D eigenvalue weighted by molar-refractivity contribution is -0.133. The summed E-state index contributed by atoms with van der Waals surface area (Å²) in [6.07, 6.45) is 2.16. The van der Waals surface area contributed by atoms with E-state index in [9.17, 15) is 9.59 Å². The van der Waals surface area contributed by atoms with Crippen molar-refractivity contribution in [1.29, 1.82) is 0 Å². The molecule has 0 saturated carbocycles. The Kier molecular flexibility index (Phi) is 7.92. The second-order valence-electron chi connectivity index (χ2n) is 11.6. The zero-order valence-electron chi connectivity index (χ0n) is 23.4. The van der Waals surface area contributed by atoms with E-state index in [-0.39, 0.29) is 11.8 Å². The van der Waals surface area contributed by atoms with Crippen molar-refractivity contribution in [1.82, 2.24) is 19.7 Å². The standard InChI is InChI=1S/C31H39ClN4O3/c1-21-14-22(2)18-34(17-21)13-5-12-33-30(38)31(3)20-35-27-16-26(39-4)11-8-24(27)15-28(35)29(37)36(31)19-23-6-9-25(32)10-7-23/h6-11,15-16,21-22H,5,12-14,17-20H2,1-4H3,(H,33,38)/t21-,22-,31-/m1/s1. The maximum atomic E-state index is 14.0. The van der Waals surface area contributed by atoms with E-state index in [1.165, 1.54) is 6.42 Å². The Bertz CT molecular complexity index is 1340. The molecule has 1 fully saturated rings. The molecule has 2 amide bonds. The lowest BCUT2D eigenvalue weighted by Gasteiger charge is -2.44. The Labute approximate surface area is 236 Å². The molecule has 2 aliphatic heterocycles. The predicted molar refractivity (Wildman–Crippen MR) is 155 cm³/mol. The lowest BCUT2D eigenvalue weighted by atomic mass is 9.92. The Morgan fingerprint density at radius 1 is 1.10 bits per heavy atom. The van der Waals surface area contributed by atoms with E-state index in [1.807, 2.05) is 60.0 Å². The van der Waals surface area contributed by atoms with Crippen LogP contribution in [0.25, 0.3) is 10.9 Å². The molecular weight excluding hydrogens is 512 g/mol. The lowest BCUT2D eigenvalue weighted by Crippen LogP contribution is -2.63. The molecule has 8 heteroatoms. The molecule has 0 aliphatic carbocycles. The van der Waals surface area contributed by atoms with Crippen LogP contribution in [0.3, 0.4) is 0 Å². The van der Waals surface area contributed by atoms with Gasteiger partial charge in [-0.15, -0.1) is 0 Å². The average Bonchev–Trinajstić information content (AvgIpc) is 3.27. The van der Waals surface area contributed by atoms with Gasteiger partial charge >= 0.3 is 0 Å². The van der Waals surface area contributed by atoms with Crippen LogP contribution in [0.5, 0.6) is 5.75 Å². The van der Waals surface area contributed by atoms with Crippen LogP contribution in [0, 0.1) is 11.8 Å². The number of benzene rings is 2. The van der Waals surface area contributed by atoms with Crippen LogP contribution in [-0.2, 0) is 17.9 Å². The number of fused-ring (bicyclic) bond motifs is 3. The molecule has 0 bridgehead atoms. The first kappa shape index (κ1) is 27.5. The van der Waals surface area contributed by atoms with Gasteiger partial charge in [0.2, 0.25) is 5.91 Å². The number of nitrogens with zero attached hydrogens (tertiary/aromatic N) is 3. The van der Waals surface area contributed by atoms with Gasteiger partial charge in [-0.05, 0) is 74.0 Å². The van der Waals surface area contributed by atoms with Gasteiger partial charge in [-0.2, -0.15) is 0 Å². The molecular formula is C31H39ClN4O3. The average molecular weight is 551 g/mol. The van der Waals surface area contributed by atoms with Crippen LogP contribution >= 0.6 is 11.6 Å². The van der Waals surface area contributed by atoms with Crippen LogP contribution in [0.2, 0.25) is 5.02 Å². The number of amides is 2. The van der Waals surface area contributed by atoms with Crippen molar-refractivity contribution in [2.24, 2.45) is 11.8 Å². The van der Waals surface area contributed by atoms with Gasteiger partial charge in [0, 0.05) is 42.7 Å². The van der Waals surface area contributed by atoms with Crippen molar-refractivity contribution in [3.05, 3.63) is 64.8 Å². The second kappa shape index (κ2) is 11.2. The van der Waals surface area contributed by atoms with Gasteiger partial charge in [-0.3, -0.25) is 9.59 Å². The number of halogens is 1. The number of methoxy groups -OCH3 is 1. The third-order valence-electron chi connectivity index (χ3n) is 8.26. The number of hydrogen-bond donors (Lipinski definition) is 1. The SMILES string of the molecule is COc1ccc2cc3n(c2c1)C[C@](C)(C(=O)NCCCN1C[C@H](C)C[C@@H](C)C1)N(Cc1ccc(Cl)cc1)C3=O.